The van der Waals surface area contributed by atoms with E-state index in [4.69, 9.17) is 4.74 Å². The largest absolute Gasteiger partial charge is 0.497 e. The van der Waals surface area contributed by atoms with Crippen LogP contribution in [0.5, 0.6) is 5.75 Å². The summed E-state index contributed by atoms with van der Waals surface area (Å²) in [5.41, 5.74) is 2.22. The highest BCUT2D eigenvalue weighted by Crippen LogP contribution is 2.18. The average Bonchev–Trinajstić information content (AvgIpc) is 3.09. The third-order valence-electron chi connectivity index (χ3n) is 6.40. The van der Waals surface area contributed by atoms with Gasteiger partial charge in [-0.05, 0) is 48.2 Å². The Bertz CT molecular complexity index is 1020. The zero-order valence-corrected chi connectivity index (χ0v) is 21.4. The highest BCUT2D eigenvalue weighted by Gasteiger charge is 2.22. The number of amides is 1. The number of carbonyl (C=O) groups excluding carboxylic acids is 1. The van der Waals surface area contributed by atoms with Gasteiger partial charge in [0.2, 0.25) is 15.9 Å². The Balaban J connectivity index is 1.49. The molecule has 34 heavy (non-hydrogen) atoms. The lowest BCUT2D eigenvalue weighted by molar-refractivity contribution is -0.131. The van der Waals surface area contributed by atoms with Crippen LogP contribution >= 0.6 is 0 Å². The Morgan fingerprint density at radius 3 is 2.18 bits per heavy atom. The summed E-state index contributed by atoms with van der Waals surface area (Å²) in [6.45, 7) is 8.77. The van der Waals surface area contributed by atoms with E-state index in [0.717, 1.165) is 50.5 Å². The third-order valence-corrected chi connectivity index (χ3v) is 8.46. The molecule has 1 heterocycles. The molecule has 1 aliphatic heterocycles. The van der Waals surface area contributed by atoms with Crippen molar-refractivity contribution in [3.05, 3.63) is 59.7 Å². The Morgan fingerprint density at radius 2 is 1.56 bits per heavy atom. The fourth-order valence-corrected chi connectivity index (χ4v) is 5.78. The van der Waals surface area contributed by atoms with Crippen LogP contribution in [0.4, 0.5) is 0 Å². The maximum Gasteiger partial charge on any atom is 0.243 e. The SMILES string of the molecule is CCN(CC)S(=O)(=O)c1ccc(CCC(=O)N2CCCN(Cc3ccc(OC)cc3)CC2)cc1. The molecule has 1 aliphatic rings. The van der Waals surface area contributed by atoms with Gasteiger partial charge in [-0.2, -0.15) is 4.31 Å². The molecule has 0 aliphatic carbocycles. The molecule has 0 radical (unpaired) electrons. The van der Waals surface area contributed by atoms with Crippen LogP contribution in [0, 0.1) is 0 Å². The molecule has 1 saturated heterocycles. The molecule has 0 bridgehead atoms. The summed E-state index contributed by atoms with van der Waals surface area (Å²) in [6, 6.07) is 15.1. The number of hydrogen-bond donors (Lipinski definition) is 0. The maximum atomic E-state index is 12.8. The molecule has 0 unspecified atom stereocenters. The lowest BCUT2D eigenvalue weighted by Gasteiger charge is -2.22. The van der Waals surface area contributed by atoms with E-state index in [1.165, 1.54) is 9.87 Å². The fourth-order valence-electron chi connectivity index (χ4n) is 4.32. The Kier molecular flexibility index (Phi) is 9.50. The van der Waals surface area contributed by atoms with Crippen molar-refractivity contribution in [2.45, 2.75) is 44.6 Å². The van der Waals surface area contributed by atoms with Gasteiger partial charge in [0.15, 0.2) is 0 Å². The maximum absolute atomic E-state index is 12.8. The van der Waals surface area contributed by atoms with Gasteiger partial charge in [0.25, 0.3) is 0 Å². The number of methoxy groups -OCH3 is 1. The first-order chi connectivity index (χ1) is 16.4. The standard InChI is InChI=1S/C26H37N3O4S/c1-4-29(5-2)34(31,32)25-14-9-22(10-15-25)11-16-26(30)28-18-6-17-27(19-20-28)21-23-7-12-24(33-3)13-8-23/h7-10,12-15H,4-6,11,16-21H2,1-3H3. The van der Waals surface area contributed by atoms with E-state index in [1.807, 2.05) is 43.0 Å². The van der Waals surface area contributed by atoms with E-state index < -0.39 is 10.0 Å². The minimum absolute atomic E-state index is 0.158. The van der Waals surface area contributed by atoms with Gasteiger partial charge in [0.05, 0.1) is 12.0 Å². The molecule has 1 amide bonds. The van der Waals surface area contributed by atoms with Gasteiger partial charge in [-0.1, -0.05) is 38.1 Å². The second-order valence-electron chi connectivity index (χ2n) is 8.59. The molecule has 1 fully saturated rings. The lowest BCUT2D eigenvalue weighted by Crippen LogP contribution is -2.35. The van der Waals surface area contributed by atoms with Gasteiger partial charge in [0.1, 0.15) is 5.75 Å². The molecule has 2 aromatic carbocycles. The molecule has 0 N–H and O–H groups in total. The Hall–Kier alpha value is -2.42. The fraction of sp³-hybridized carbons (Fsp3) is 0.500. The van der Waals surface area contributed by atoms with Crippen LogP contribution in [-0.2, 0) is 27.8 Å². The first-order valence-corrected chi connectivity index (χ1v) is 13.5. The van der Waals surface area contributed by atoms with E-state index in [1.54, 1.807) is 19.2 Å². The molecule has 0 saturated carbocycles. The highest BCUT2D eigenvalue weighted by molar-refractivity contribution is 7.89. The second kappa shape index (κ2) is 12.3. The highest BCUT2D eigenvalue weighted by atomic mass is 32.2. The predicted molar refractivity (Wildman–Crippen MR) is 134 cm³/mol. The first-order valence-electron chi connectivity index (χ1n) is 12.1. The van der Waals surface area contributed by atoms with Gasteiger partial charge >= 0.3 is 0 Å². The van der Waals surface area contributed by atoms with E-state index in [2.05, 4.69) is 17.0 Å². The van der Waals surface area contributed by atoms with Gasteiger partial charge in [-0.25, -0.2) is 8.42 Å². The van der Waals surface area contributed by atoms with Crippen molar-refractivity contribution < 1.29 is 17.9 Å². The quantitative estimate of drug-likeness (QED) is 0.514. The van der Waals surface area contributed by atoms with Gasteiger partial charge in [0, 0.05) is 52.2 Å². The molecule has 0 aromatic heterocycles. The zero-order valence-electron chi connectivity index (χ0n) is 20.6. The number of carbonyl (C=O) groups is 1. The van der Waals surface area contributed by atoms with Crippen molar-refractivity contribution in [2.24, 2.45) is 0 Å². The van der Waals surface area contributed by atoms with Gasteiger partial charge < -0.3 is 9.64 Å². The molecule has 7 nitrogen and oxygen atoms in total. The lowest BCUT2D eigenvalue weighted by atomic mass is 10.1. The number of rotatable bonds is 10. The molecule has 3 rings (SSSR count). The molecule has 2 aromatic rings. The normalized spacial score (nSPS) is 15.4. The molecule has 186 valence electrons. The molecule has 0 spiro atoms. The van der Waals surface area contributed by atoms with E-state index in [9.17, 15) is 13.2 Å². The molecular weight excluding hydrogens is 450 g/mol. The van der Waals surface area contributed by atoms with Crippen molar-refractivity contribution in [1.29, 1.82) is 0 Å². The van der Waals surface area contributed by atoms with E-state index >= 15 is 0 Å². The van der Waals surface area contributed by atoms with Crippen molar-refractivity contribution in [3.63, 3.8) is 0 Å². The van der Waals surface area contributed by atoms with Gasteiger partial charge in [-0.15, -0.1) is 0 Å². The molecule has 0 atom stereocenters. The number of ether oxygens (including phenoxy) is 1. The predicted octanol–water partition coefficient (Wildman–Crippen LogP) is 3.39. The summed E-state index contributed by atoms with van der Waals surface area (Å²) in [7, 11) is -1.79. The van der Waals surface area contributed by atoms with Crippen molar-refractivity contribution in [3.8, 4) is 5.75 Å². The second-order valence-corrected chi connectivity index (χ2v) is 10.5. The van der Waals surface area contributed by atoms with Crippen molar-refractivity contribution in [1.82, 2.24) is 14.1 Å². The number of hydrogen-bond acceptors (Lipinski definition) is 5. The summed E-state index contributed by atoms with van der Waals surface area (Å²) in [6.07, 6.45) is 2.00. The summed E-state index contributed by atoms with van der Waals surface area (Å²) < 4.78 is 31.9. The number of nitrogens with zero attached hydrogens (tertiary/aromatic N) is 3. The van der Waals surface area contributed by atoms with Crippen LogP contribution < -0.4 is 4.74 Å². The zero-order chi connectivity index (χ0) is 24.6. The summed E-state index contributed by atoms with van der Waals surface area (Å²) in [4.78, 5) is 17.5. The van der Waals surface area contributed by atoms with Crippen molar-refractivity contribution >= 4 is 15.9 Å². The van der Waals surface area contributed by atoms with E-state index in [0.29, 0.717) is 30.8 Å². The molecular formula is C26H37N3O4S. The van der Waals surface area contributed by atoms with Crippen LogP contribution in [0.3, 0.4) is 0 Å². The monoisotopic (exact) mass is 487 g/mol. The Morgan fingerprint density at radius 1 is 0.912 bits per heavy atom. The van der Waals surface area contributed by atoms with Crippen LogP contribution in [-0.4, -0.2) is 74.8 Å². The van der Waals surface area contributed by atoms with Crippen LogP contribution in [0.2, 0.25) is 0 Å². The Labute approximate surface area is 204 Å². The smallest absolute Gasteiger partial charge is 0.243 e. The summed E-state index contributed by atoms with van der Waals surface area (Å²) >= 11 is 0. The number of aryl methyl sites for hydroxylation is 1. The van der Waals surface area contributed by atoms with E-state index in [-0.39, 0.29) is 5.91 Å². The number of benzene rings is 2. The topological polar surface area (TPSA) is 70.2 Å². The third kappa shape index (κ3) is 6.81. The van der Waals surface area contributed by atoms with Gasteiger partial charge in [-0.3, -0.25) is 9.69 Å². The minimum Gasteiger partial charge on any atom is -0.497 e. The number of sulfonamides is 1. The van der Waals surface area contributed by atoms with Crippen LogP contribution in [0.1, 0.15) is 37.8 Å². The van der Waals surface area contributed by atoms with Crippen molar-refractivity contribution in [2.75, 3.05) is 46.4 Å². The summed E-state index contributed by atoms with van der Waals surface area (Å²) in [5.74, 6) is 1.02. The van der Waals surface area contributed by atoms with Crippen LogP contribution in [0.25, 0.3) is 0 Å². The average molecular weight is 488 g/mol. The minimum atomic E-state index is -3.45. The van der Waals surface area contributed by atoms with Crippen LogP contribution in [0.15, 0.2) is 53.4 Å². The summed E-state index contributed by atoms with van der Waals surface area (Å²) in [5, 5.41) is 0. The molecule has 8 heteroatoms. The first kappa shape index (κ1) is 26.2.